The number of sulfonamides is 1. The third-order valence-electron chi connectivity index (χ3n) is 10.6. The van der Waals surface area contributed by atoms with Gasteiger partial charge in [0.15, 0.2) is 25.6 Å². The van der Waals surface area contributed by atoms with Crippen molar-refractivity contribution in [2.45, 2.75) is 74.8 Å². The Bertz CT molecular complexity index is 3040. The molecule has 1 N–H and O–H groups in total. The molecule has 0 saturated heterocycles. The fourth-order valence-electron chi connectivity index (χ4n) is 7.48. The molecule has 3 atom stereocenters. The molecule has 0 unspecified atom stereocenters. The van der Waals surface area contributed by atoms with Crippen LogP contribution < -0.4 is 34.9 Å². The summed E-state index contributed by atoms with van der Waals surface area (Å²) >= 11 is 6.44. The average Bonchev–Trinajstić information content (AvgIpc) is 3.66. The number of sulfone groups is 1. The Morgan fingerprint density at radius 3 is 2.18 bits per heavy atom. The minimum atomic E-state index is -5.19. The van der Waals surface area contributed by atoms with Gasteiger partial charge in [-0.15, -0.1) is 0 Å². The zero-order valence-electron chi connectivity index (χ0n) is 34.3. The molecule has 26 heteroatoms. The van der Waals surface area contributed by atoms with E-state index < -0.39 is 131 Å². The standard InChI is InChI=1S/C39H32ClF10N7O5S2.Na/c1-36(2,63(3,59)60)10-9-21-5-6-22(23-7-8-26(40)30-32(23)57(17-37(43,44)45)54-35(30)55-64(4,61)62)31(51-21)27(13-18-11-19(41)14-20(42)12-18)52-28(58)16-56-34-29(33(53-56)39(48,49)50)24-15-25(24)38(34,46)47;/h5-8,11-12,14,24-25,27H,13,15-17H2,1-4H3,(H2,52,54,55,58);/q;+1/p-1/t24-,25+,27+;/m1./s1. The van der Waals surface area contributed by atoms with Crippen LogP contribution in [0.5, 0.6) is 0 Å². The topological polar surface area (TPSA) is 160 Å². The normalized spacial score (nSPS) is 17.4. The molecule has 2 aromatic carbocycles. The van der Waals surface area contributed by atoms with Crippen LogP contribution in [0.3, 0.4) is 0 Å². The van der Waals surface area contributed by atoms with Crippen molar-refractivity contribution in [1.82, 2.24) is 29.9 Å². The van der Waals surface area contributed by atoms with Gasteiger partial charge in [-0.3, -0.25) is 9.48 Å². The molecule has 1 amide bonds. The maximum atomic E-state index is 15.5. The zero-order chi connectivity index (χ0) is 47.3. The van der Waals surface area contributed by atoms with E-state index in [1.54, 1.807) is 0 Å². The van der Waals surface area contributed by atoms with Gasteiger partial charge in [0.2, 0.25) is 5.91 Å². The van der Waals surface area contributed by atoms with E-state index in [2.05, 4.69) is 37.1 Å². The van der Waals surface area contributed by atoms with Gasteiger partial charge < -0.3 is 19.8 Å². The van der Waals surface area contributed by atoms with Crippen LogP contribution in [-0.4, -0.2) is 70.7 Å². The van der Waals surface area contributed by atoms with Gasteiger partial charge in [-0.25, -0.2) is 30.6 Å². The number of aromatic nitrogens is 5. The largest absolute Gasteiger partial charge is 1.00 e. The Kier molecular flexibility index (Phi) is 13.1. The smallest absolute Gasteiger partial charge is 0.373 e. The molecule has 0 bridgehead atoms. The van der Waals surface area contributed by atoms with Gasteiger partial charge >= 0.3 is 41.9 Å². The van der Waals surface area contributed by atoms with E-state index in [-0.39, 0.29) is 73.8 Å². The van der Waals surface area contributed by atoms with Crippen molar-refractivity contribution in [1.29, 1.82) is 0 Å². The second kappa shape index (κ2) is 17.0. The van der Waals surface area contributed by atoms with Gasteiger partial charge in [0.1, 0.15) is 40.9 Å². The van der Waals surface area contributed by atoms with Crippen LogP contribution >= 0.6 is 11.6 Å². The Morgan fingerprint density at radius 2 is 1.60 bits per heavy atom. The van der Waals surface area contributed by atoms with E-state index in [0.29, 0.717) is 17.0 Å². The summed E-state index contributed by atoms with van der Waals surface area (Å²) in [5.41, 5.74) is -5.26. The monoisotopic (exact) mass is 989 g/mol. The first kappa shape index (κ1) is 50.0. The first-order valence-electron chi connectivity index (χ1n) is 18.6. The van der Waals surface area contributed by atoms with Crippen LogP contribution in [0.25, 0.3) is 26.8 Å². The molecule has 0 spiro atoms. The predicted octanol–water partition coefficient (Wildman–Crippen LogP) is 5.26. The minimum absolute atomic E-state index is 0. The number of nitrogens with one attached hydrogen (secondary N) is 1. The van der Waals surface area contributed by atoms with Crippen molar-refractivity contribution in [2.75, 3.05) is 12.5 Å². The van der Waals surface area contributed by atoms with Gasteiger partial charge in [-0.05, 0) is 80.2 Å². The molecule has 1 saturated carbocycles. The molecule has 3 heterocycles. The molecule has 0 aliphatic heterocycles. The number of rotatable bonds is 11. The number of carbonyl (C=O) groups is 1. The number of pyridine rings is 1. The number of halogens is 11. The quantitative estimate of drug-likeness (QED) is 0.107. The summed E-state index contributed by atoms with van der Waals surface area (Å²) in [6.07, 6.45) is -9.54. The molecule has 65 heavy (non-hydrogen) atoms. The summed E-state index contributed by atoms with van der Waals surface area (Å²) in [6, 6.07) is 5.17. The number of carbonyl (C=O) groups excluding carboxylic acids is 1. The van der Waals surface area contributed by atoms with Gasteiger partial charge in [-0.2, -0.15) is 40.2 Å². The molecule has 2 aliphatic rings. The molecule has 3 aromatic heterocycles. The van der Waals surface area contributed by atoms with E-state index in [4.69, 9.17) is 11.6 Å². The summed E-state index contributed by atoms with van der Waals surface area (Å²) in [6.45, 7) is -0.577. The third kappa shape index (κ3) is 10.3. The van der Waals surface area contributed by atoms with Crippen molar-refractivity contribution in [3.05, 3.63) is 97.7 Å². The number of benzene rings is 2. The molecule has 2 aliphatic carbocycles. The van der Waals surface area contributed by atoms with Crippen molar-refractivity contribution in [3.8, 4) is 23.0 Å². The molecule has 1 fully saturated rings. The Morgan fingerprint density at radius 1 is 0.969 bits per heavy atom. The fraction of sp³-hybridized carbons (Fsp3) is 0.385. The molecule has 5 aromatic rings. The predicted molar refractivity (Wildman–Crippen MR) is 211 cm³/mol. The molecule has 12 nitrogen and oxygen atoms in total. The molecular formula is C39H31ClF10N7NaO5S2. The van der Waals surface area contributed by atoms with Crippen molar-refractivity contribution in [2.24, 2.45) is 5.92 Å². The van der Waals surface area contributed by atoms with E-state index in [9.17, 15) is 56.8 Å². The maximum Gasteiger partial charge on any atom is 1.00 e. The number of amides is 1. The summed E-state index contributed by atoms with van der Waals surface area (Å²) in [7, 11) is -8.19. The number of hydrogen-bond donors (Lipinski definition) is 1. The maximum absolute atomic E-state index is 15.5. The van der Waals surface area contributed by atoms with Gasteiger partial charge in [-0.1, -0.05) is 23.6 Å². The van der Waals surface area contributed by atoms with Gasteiger partial charge in [0.05, 0.1) is 17.3 Å². The Labute approximate surface area is 390 Å². The van der Waals surface area contributed by atoms with Crippen molar-refractivity contribution in [3.63, 3.8) is 0 Å². The minimum Gasteiger partial charge on any atom is -0.373 e. The molecule has 7 rings (SSSR count). The first-order valence-corrected chi connectivity index (χ1v) is 22.7. The van der Waals surface area contributed by atoms with E-state index in [0.717, 1.165) is 24.5 Å². The van der Waals surface area contributed by atoms with Crippen LogP contribution in [0.2, 0.25) is 5.02 Å². The average molecular weight is 990 g/mol. The number of nitrogens with zero attached hydrogens (tertiary/aromatic N) is 6. The van der Waals surface area contributed by atoms with E-state index in [1.807, 2.05) is 0 Å². The molecule has 0 radical (unpaired) electrons. The fourth-order valence-corrected chi connectivity index (χ4v) is 8.39. The summed E-state index contributed by atoms with van der Waals surface area (Å²) in [4.78, 5) is 18.5. The third-order valence-corrected chi connectivity index (χ3v) is 13.3. The number of fused-ring (bicyclic) bond motifs is 4. The SMILES string of the molecule is CC(C)(C#Cc1ccc(-c2ccc(Cl)c3c([N-]S(C)(=O)=O)nn(CC(F)(F)F)c23)c([C@H](Cc2cc(F)cc(F)c2)NC(=O)Cn2nc(C(F)(F)F)c3c2C(F)(F)[C@H]2C[C@@H]32)n1)S(C)(=O)=O.[Na+]. The van der Waals surface area contributed by atoms with Crippen LogP contribution in [-0.2, 0) is 56.3 Å². The van der Waals surface area contributed by atoms with E-state index in [1.165, 1.54) is 32.0 Å². The van der Waals surface area contributed by atoms with Gasteiger partial charge in [0.25, 0.3) is 5.92 Å². The van der Waals surface area contributed by atoms with Crippen LogP contribution in [0.4, 0.5) is 49.7 Å². The second-order valence-electron chi connectivity index (χ2n) is 15.8. The summed E-state index contributed by atoms with van der Waals surface area (Å²) < 4.78 is 197. The van der Waals surface area contributed by atoms with Crippen LogP contribution in [0.1, 0.15) is 66.1 Å². The van der Waals surface area contributed by atoms with Crippen molar-refractivity contribution >= 4 is 54.1 Å². The molecule has 342 valence electrons. The Balaban J connectivity index is 0.00000700. The van der Waals surface area contributed by atoms with Crippen molar-refractivity contribution < 1.29 is 95.1 Å². The summed E-state index contributed by atoms with van der Waals surface area (Å²) in [5, 5.41) is 8.86. The second-order valence-corrected chi connectivity index (χ2v) is 20.5. The number of alkyl halides is 8. The number of hydrogen-bond acceptors (Lipinski definition) is 8. The van der Waals surface area contributed by atoms with E-state index >= 15 is 8.78 Å². The summed E-state index contributed by atoms with van der Waals surface area (Å²) in [5.74, 6) is -5.58. The zero-order valence-corrected chi connectivity index (χ0v) is 38.7. The van der Waals surface area contributed by atoms with Crippen LogP contribution in [0, 0.1) is 29.4 Å². The molecular weight excluding hydrogens is 959 g/mol. The first-order chi connectivity index (χ1) is 29.3. The Hall–Kier alpha value is -4.41. The van der Waals surface area contributed by atoms with Crippen LogP contribution in [0.15, 0.2) is 42.5 Å². The van der Waals surface area contributed by atoms with Gasteiger partial charge in [0, 0.05) is 51.6 Å².